The predicted octanol–water partition coefficient (Wildman–Crippen LogP) is 3.53. The molecule has 0 aromatic heterocycles. The highest BCUT2D eigenvalue weighted by atomic mass is 31.0. The number of unbranched alkanes of at least 4 members (excludes halogenated alkanes) is 9. The third-order valence-corrected chi connectivity index (χ3v) is 4.62. The van der Waals surface area contributed by atoms with Crippen LogP contribution in [-0.2, 0) is 9.53 Å². The lowest BCUT2D eigenvalue weighted by Gasteiger charge is -2.13. The van der Waals surface area contributed by atoms with Gasteiger partial charge in [-0.3, -0.25) is 0 Å². The van der Waals surface area contributed by atoms with Crippen molar-refractivity contribution in [3.05, 3.63) is 11.6 Å². The Morgan fingerprint density at radius 3 is 2.14 bits per heavy atom. The highest BCUT2D eigenvalue weighted by Gasteiger charge is 2.25. The quantitative estimate of drug-likeness (QED) is 0.319. The summed E-state index contributed by atoms with van der Waals surface area (Å²) >= 11 is 0. The van der Waals surface area contributed by atoms with Gasteiger partial charge in [-0.05, 0) is 6.42 Å². The third-order valence-electron chi connectivity index (χ3n) is 4.08. The third kappa shape index (κ3) is 8.87. The number of cyclic esters (lactones) is 1. The Balaban J connectivity index is 1.92. The second-order valence-corrected chi connectivity index (χ2v) is 7.14. The van der Waals surface area contributed by atoms with Crippen LogP contribution in [-0.4, -0.2) is 35.1 Å². The Labute approximate surface area is 137 Å². The van der Waals surface area contributed by atoms with Gasteiger partial charge >= 0.3 is 5.97 Å². The van der Waals surface area contributed by atoms with Crippen LogP contribution in [0.2, 0.25) is 0 Å². The maximum absolute atomic E-state index is 11.0. The van der Waals surface area contributed by atoms with Crippen LogP contribution in [0.25, 0.3) is 0 Å². The van der Waals surface area contributed by atoms with E-state index in [1.807, 2.05) is 0 Å². The normalized spacial score (nSPS) is 18.0. The average Bonchev–Trinajstić information content (AvgIpc) is 2.79. The smallest absolute Gasteiger partial charge is 0.333 e. The first-order valence-corrected chi connectivity index (χ1v) is 9.41. The molecule has 0 spiro atoms. The van der Waals surface area contributed by atoms with E-state index in [-0.39, 0.29) is 0 Å². The zero-order chi connectivity index (χ0) is 16.2. The summed E-state index contributed by atoms with van der Waals surface area (Å²) in [6.07, 6.45) is 13.8. The van der Waals surface area contributed by atoms with Gasteiger partial charge in [-0.2, -0.15) is 4.67 Å². The van der Waals surface area contributed by atoms with Gasteiger partial charge in [-0.25, -0.2) is 4.79 Å². The lowest BCUT2D eigenvalue weighted by atomic mass is 10.1. The number of hydrogen-bond donors (Lipinski definition) is 1. The molecule has 1 N–H and O–H groups in total. The minimum atomic E-state index is -1.03. The van der Waals surface area contributed by atoms with Crippen molar-refractivity contribution in [1.82, 2.24) is 4.67 Å². The van der Waals surface area contributed by atoms with Gasteiger partial charge < -0.3 is 9.84 Å². The van der Waals surface area contributed by atoms with Crippen LogP contribution >= 0.6 is 9.39 Å². The molecule has 5 heteroatoms. The Bertz CT molecular complexity index is 347. The molecule has 0 bridgehead atoms. The number of ether oxygens (including phenoxy) is 1. The highest BCUT2D eigenvalue weighted by Crippen LogP contribution is 2.17. The zero-order valence-electron chi connectivity index (χ0n) is 14.1. The molecule has 2 atom stereocenters. The summed E-state index contributed by atoms with van der Waals surface area (Å²) in [5, 5.41) is 9.52. The minimum absolute atomic E-state index is 0.432. The fraction of sp³-hybridized carbons (Fsp3) is 0.824. The van der Waals surface area contributed by atoms with E-state index >= 15 is 0 Å². The van der Waals surface area contributed by atoms with E-state index in [2.05, 4.69) is 16.3 Å². The SMILES string of the molecule is CCCCCCCCCCCCN([PH3+])CC1=CC(=O)OC1O. The van der Waals surface area contributed by atoms with Crippen molar-refractivity contribution in [3.63, 3.8) is 0 Å². The van der Waals surface area contributed by atoms with Gasteiger partial charge in [0.1, 0.15) is 0 Å². The molecule has 2 unspecified atom stereocenters. The van der Waals surface area contributed by atoms with E-state index in [4.69, 9.17) is 0 Å². The lowest BCUT2D eigenvalue weighted by Crippen LogP contribution is -2.21. The summed E-state index contributed by atoms with van der Waals surface area (Å²) < 4.78 is 6.85. The van der Waals surface area contributed by atoms with Crippen molar-refractivity contribution in [1.29, 1.82) is 0 Å². The van der Waals surface area contributed by atoms with Gasteiger partial charge in [0.05, 0.1) is 6.54 Å². The second kappa shape index (κ2) is 12.0. The van der Waals surface area contributed by atoms with Crippen LogP contribution in [0, 0.1) is 0 Å². The van der Waals surface area contributed by atoms with Crippen molar-refractivity contribution < 1.29 is 14.6 Å². The predicted molar refractivity (Wildman–Crippen MR) is 94.7 cm³/mol. The lowest BCUT2D eigenvalue weighted by molar-refractivity contribution is -0.151. The first kappa shape index (κ1) is 19.6. The van der Waals surface area contributed by atoms with Gasteiger partial charge in [0.15, 0.2) is 0 Å². The highest BCUT2D eigenvalue weighted by molar-refractivity contribution is 7.13. The Morgan fingerprint density at radius 2 is 1.64 bits per heavy atom. The molecule has 1 heterocycles. The summed E-state index contributed by atoms with van der Waals surface area (Å²) in [5.41, 5.74) is 0.673. The molecule has 0 aromatic rings. The van der Waals surface area contributed by atoms with E-state index < -0.39 is 12.3 Å². The van der Waals surface area contributed by atoms with Crippen molar-refractivity contribution in [3.8, 4) is 0 Å². The Morgan fingerprint density at radius 1 is 1.09 bits per heavy atom. The van der Waals surface area contributed by atoms with Gasteiger partial charge in [0, 0.05) is 27.6 Å². The van der Waals surface area contributed by atoms with E-state index in [9.17, 15) is 9.90 Å². The van der Waals surface area contributed by atoms with Gasteiger partial charge in [0.25, 0.3) is 0 Å². The van der Waals surface area contributed by atoms with Gasteiger partial charge in [-0.15, -0.1) is 0 Å². The summed E-state index contributed by atoms with van der Waals surface area (Å²) in [4.78, 5) is 11.0. The van der Waals surface area contributed by atoms with Crippen LogP contribution in [0.3, 0.4) is 0 Å². The van der Waals surface area contributed by atoms with E-state index in [1.54, 1.807) is 9.39 Å². The van der Waals surface area contributed by atoms with Crippen LogP contribution in [0.5, 0.6) is 0 Å². The topological polar surface area (TPSA) is 49.8 Å². The van der Waals surface area contributed by atoms with Crippen LogP contribution in [0.15, 0.2) is 11.6 Å². The molecule has 22 heavy (non-hydrogen) atoms. The molecule has 0 aromatic carbocycles. The second-order valence-electron chi connectivity index (χ2n) is 6.24. The Hall–Kier alpha value is -0.440. The molecule has 1 aliphatic heterocycles. The fourth-order valence-electron chi connectivity index (χ4n) is 2.73. The molecule has 1 aliphatic rings. The number of nitrogens with zero attached hydrogens (tertiary/aromatic N) is 1. The first-order valence-electron chi connectivity index (χ1n) is 8.78. The summed E-state index contributed by atoms with van der Waals surface area (Å²) in [7, 11) is 1.80. The molecule has 4 nitrogen and oxygen atoms in total. The van der Waals surface area contributed by atoms with Gasteiger partial charge in [-0.1, -0.05) is 64.7 Å². The standard InChI is InChI=1S/C17H32NO3P/c1-2-3-4-5-6-7-8-9-10-11-12-18(22)14-15-13-16(19)21-17(15)20/h13,17,20H,2-12,14,22H2,1H3/p+1. The average molecular weight is 330 g/mol. The monoisotopic (exact) mass is 330 g/mol. The number of aliphatic hydroxyl groups is 1. The molecule has 1 rings (SSSR count). The summed E-state index contributed by atoms with van der Waals surface area (Å²) in [5.74, 6) is -0.432. The van der Waals surface area contributed by atoms with Crippen LogP contribution < -0.4 is 0 Å². The largest absolute Gasteiger partial charge is 0.429 e. The van der Waals surface area contributed by atoms with Crippen LogP contribution in [0.4, 0.5) is 0 Å². The molecule has 0 amide bonds. The number of carbonyl (C=O) groups is 1. The number of hydrogen-bond acceptors (Lipinski definition) is 4. The number of rotatable bonds is 13. The maximum Gasteiger partial charge on any atom is 0.333 e. The molecule has 0 fully saturated rings. The van der Waals surface area contributed by atoms with Crippen molar-refractivity contribution in [2.45, 2.75) is 77.4 Å². The Kier molecular flexibility index (Phi) is 10.7. The van der Waals surface area contributed by atoms with Crippen LogP contribution in [0.1, 0.15) is 71.1 Å². The minimum Gasteiger partial charge on any atom is -0.429 e. The van der Waals surface area contributed by atoms with Crippen molar-refractivity contribution in [2.24, 2.45) is 0 Å². The number of aliphatic hydroxyl groups excluding tert-OH is 1. The number of carbonyl (C=O) groups excluding carboxylic acids is 1. The maximum atomic E-state index is 11.0. The van der Waals surface area contributed by atoms with Gasteiger partial charge in [0.2, 0.25) is 6.29 Å². The molecule has 0 saturated carbocycles. The molecular formula is C17H33NO3P+. The van der Waals surface area contributed by atoms with Crippen molar-refractivity contribution in [2.75, 3.05) is 13.1 Å². The fourth-order valence-corrected chi connectivity index (χ4v) is 3.21. The molecule has 0 saturated heterocycles. The van der Waals surface area contributed by atoms with Crippen molar-refractivity contribution >= 4 is 15.4 Å². The summed E-state index contributed by atoms with van der Waals surface area (Å²) in [6, 6.07) is 0. The molecule has 128 valence electrons. The van der Waals surface area contributed by atoms with E-state index in [0.29, 0.717) is 12.1 Å². The first-order chi connectivity index (χ1) is 10.6. The zero-order valence-corrected chi connectivity index (χ0v) is 15.5. The molecule has 0 aliphatic carbocycles. The van der Waals surface area contributed by atoms with E-state index in [0.717, 1.165) is 6.54 Å². The van der Waals surface area contributed by atoms with E-state index in [1.165, 1.54) is 70.3 Å². The number of esters is 1. The summed E-state index contributed by atoms with van der Waals surface area (Å²) in [6.45, 7) is 3.88. The molecular weight excluding hydrogens is 297 g/mol. The molecule has 0 radical (unpaired) electrons.